The third-order valence-electron chi connectivity index (χ3n) is 2.50. The number of rotatable bonds is 2. The number of phenols is 1. The average molecular weight is 193 g/mol. The van der Waals surface area contributed by atoms with Crippen molar-refractivity contribution in [2.45, 2.75) is 25.7 Å². The van der Waals surface area contributed by atoms with Crippen LogP contribution in [-0.2, 0) is 5.41 Å². The first-order valence-electron chi connectivity index (χ1n) is 4.43. The number of nitrogens with zero attached hydrogens (tertiary/aromatic N) is 1. The molecule has 0 aliphatic heterocycles. The van der Waals surface area contributed by atoms with Crippen LogP contribution in [0, 0.1) is 17.1 Å². The number of hydrogen-bond acceptors (Lipinski definition) is 2. The van der Waals surface area contributed by atoms with Crippen molar-refractivity contribution in [2.75, 3.05) is 0 Å². The van der Waals surface area contributed by atoms with Gasteiger partial charge in [0.1, 0.15) is 11.6 Å². The number of benzene rings is 1. The lowest BCUT2D eigenvalue weighted by Crippen LogP contribution is -2.19. The minimum absolute atomic E-state index is 0.123. The molecule has 1 atom stereocenters. The summed E-state index contributed by atoms with van der Waals surface area (Å²) in [7, 11) is 0. The Morgan fingerprint density at radius 1 is 1.57 bits per heavy atom. The van der Waals surface area contributed by atoms with Crippen LogP contribution < -0.4 is 0 Å². The van der Waals surface area contributed by atoms with Gasteiger partial charge in [0.25, 0.3) is 0 Å². The normalized spacial score (nSPS) is 14.4. The summed E-state index contributed by atoms with van der Waals surface area (Å²) >= 11 is 0. The average Bonchev–Trinajstić information content (AvgIpc) is 2.17. The molecule has 0 amide bonds. The monoisotopic (exact) mass is 193 g/mol. The Balaban J connectivity index is 3.26. The van der Waals surface area contributed by atoms with E-state index in [1.165, 1.54) is 12.1 Å². The third kappa shape index (κ3) is 1.69. The predicted molar refractivity (Wildman–Crippen MR) is 51.3 cm³/mol. The van der Waals surface area contributed by atoms with Crippen LogP contribution in [-0.4, -0.2) is 5.11 Å². The summed E-state index contributed by atoms with van der Waals surface area (Å²) in [6.45, 7) is 3.51. The molecule has 74 valence electrons. The first-order valence-corrected chi connectivity index (χ1v) is 4.43. The summed E-state index contributed by atoms with van der Waals surface area (Å²) in [4.78, 5) is 0. The maximum atomic E-state index is 13.4. The van der Waals surface area contributed by atoms with E-state index in [9.17, 15) is 4.39 Å². The fourth-order valence-electron chi connectivity index (χ4n) is 1.28. The SMILES string of the molecule is CCC(C)(C#N)c1ccc(O)cc1F. The highest BCUT2D eigenvalue weighted by Gasteiger charge is 2.27. The molecule has 2 nitrogen and oxygen atoms in total. The van der Waals surface area contributed by atoms with Gasteiger partial charge in [0.05, 0.1) is 11.5 Å². The van der Waals surface area contributed by atoms with Gasteiger partial charge in [-0.1, -0.05) is 13.0 Å². The molecular formula is C11H12FNO. The Hall–Kier alpha value is -1.56. The van der Waals surface area contributed by atoms with Crippen molar-refractivity contribution in [3.63, 3.8) is 0 Å². The summed E-state index contributed by atoms with van der Waals surface area (Å²) < 4.78 is 13.4. The Labute approximate surface area is 82.6 Å². The first-order chi connectivity index (χ1) is 6.53. The molecular weight excluding hydrogens is 181 g/mol. The molecule has 1 unspecified atom stereocenters. The maximum Gasteiger partial charge on any atom is 0.131 e. The highest BCUT2D eigenvalue weighted by molar-refractivity contribution is 5.36. The summed E-state index contributed by atoms with van der Waals surface area (Å²) in [5, 5.41) is 18.0. The molecule has 0 saturated heterocycles. The second kappa shape index (κ2) is 3.67. The number of aromatic hydroxyl groups is 1. The van der Waals surface area contributed by atoms with Gasteiger partial charge >= 0.3 is 0 Å². The van der Waals surface area contributed by atoms with Crippen molar-refractivity contribution in [3.8, 4) is 11.8 Å². The largest absolute Gasteiger partial charge is 0.508 e. The lowest BCUT2D eigenvalue weighted by atomic mass is 9.81. The molecule has 0 aromatic heterocycles. The molecule has 3 heteroatoms. The minimum atomic E-state index is -0.822. The van der Waals surface area contributed by atoms with E-state index in [0.717, 1.165) is 6.07 Å². The molecule has 0 bridgehead atoms. The van der Waals surface area contributed by atoms with E-state index in [-0.39, 0.29) is 5.75 Å². The van der Waals surface area contributed by atoms with Gasteiger partial charge in [0.15, 0.2) is 0 Å². The first kappa shape index (κ1) is 10.5. The quantitative estimate of drug-likeness (QED) is 0.784. The van der Waals surface area contributed by atoms with E-state index in [0.29, 0.717) is 12.0 Å². The van der Waals surface area contributed by atoms with Crippen molar-refractivity contribution in [3.05, 3.63) is 29.6 Å². The summed E-state index contributed by atoms with van der Waals surface area (Å²) in [5.74, 6) is -0.654. The van der Waals surface area contributed by atoms with Gasteiger partial charge in [0, 0.05) is 11.6 Å². The zero-order chi connectivity index (χ0) is 10.8. The van der Waals surface area contributed by atoms with Crippen LogP contribution in [0.4, 0.5) is 4.39 Å². The van der Waals surface area contributed by atoms with Gasteiger partial charge < -0.3 is 5.11 Å². The van der Waals surface area contributed by atoms with Crippen molar-refractivity contribution >= 4 is 0 Å². The Kier molecular flexibility index (Phi) is 2.76. The van der Waals surface area contributed by atoms with Gasteiger partial charge in [0.2, 0.25) is 0 Å². The molecule has 0 spiro atoms. The van der Waals surface area contributed by atoms with Gasteiger partial charge in [-0.05, 0) is 19.4 Å². The number of halogens is 1. The molecule has 0 aliphatic carbocycles. The standard InChI is InChI=1S/C11H12FNO/c1-3-11(2,7-13)9-5-4-8(14)6-10(9)12/h4-6,14H,3H2,1-2H3. The van der Waals surface area contributed by atoms with Crippen molar-refractivity contribution < 1.29 is 9.50 Å². The number of nitriles is 1. The van der Waals surface area contributed by atoms with Crippen LogP contribution in [0.3, 0.4) is 0 Å². The Morgan fingerprint density at radius 3 is 2.64 bits per heavy atom. The Morgan fingerprint density at radius 2 is 2.21 bits per heavy atom. The van der Waals surface area contributed by atoms with Gasteiger partial charge in [-0.3, -0.25) is 0 Å². The second-order valence-electron chi connectivity index (χ2n) is 3.46. The van der Waals surface area contributed by atoms with E-state index in [1.807, 2.05) is 6.92 Å². The smallest absolute Gasteiger partial charge is 0.131 e. The molecule has 1 aromatic rings. The molecule has 0 radical (unpaired) electrons. The van der Waals surface area contributed by atoms with E-state index in [1.54, 1.807) is 6.92 Å². The molecule has 1 N–H and O–H groups in total. The topological polar surface area (TPSA) is 44.0 Å². The number of phenolic OH excluding ortho intramolecular Hbond substituents is 1. The van der Waals surface area contributed by atoms with Gasteiger partial charge in [-0.2, -0.15) is 5.26 Å². The molecule has 0 heterocycles. The summed E-state index contributed by atoms with van der Waals surface area (Å²) in [5.41, 5.74) is -0.488. The highest BCUT2D eigenvalue weighted by atomic mass is 19.1. The van der Waals surface area contributed by atoms with E-state index >= 15 is 0 Å². The fraction of sp³-hybridized carbons (Fsp3) is 0.364. The lowest BCUT2D eigenvalue weighted by molar-refractivity contribution is 0.462. The summed E-state index contributed by atoms with van der Waals surface area (Å²) in [6, 6.07) is 5.96. The van der Waals surface area contributed by atoms with Crippen LogP contribution in [0.1, 0.15) is 25.8 Å². The van der Waals surface area contributed by atoms with E-state index < -0.39 is 11.2 Å². The van der Waals surface area contributed by atoms with Crippen LogP contribution >= 0.6 is 0 Å². The zero-order valence-electron chi connectivity index (χ0n) is 8.21. The molecule has 1 rings (SSSR count). The van der Waals surface area contributed by atoms with E-state index in [2.05, 4.69) is 6.07 Å². The fourth-order valence-corrected chi connectivity index (χ4v) is 1.28. The van der Waals surface area contributed by atoms with Crippen LogP contribution in [0.5, 0.6) is 5.75 Å². The second-order valence-corrected chi connectivity index (χ2v) is 3.46. The van der Waals surface area contributed by atoms with Gasteiger partial charge in [-0.25, -0.2) is 4.39 Å². The summed E-state index contributed by atoms with van der Waals surface area (Å²) in [6.07, 6.45) is 0.533. The van der Waals surface area contributed by atoms with Crippen molar-refractivity contribution in [2.24, 2.45) is 0 Å². The molecule has 1 aromatic carbocycles. The van der Waals surface area contributed by atoms with Gasteiger partial charge in [-0.15, -0.1) is 0 Å². The molecule has 14 heavy (non-hydrogen) atoms. The van der Waals surface area contributed by atoms with Crippen molar-refractivity contribution in [1.29, 1.82) is 5.26 Å². The van der Waals surface area contributed by atoms with Crippen LogP contribution in [0.25, 0.3) is 0 Å². The minimum Gasteiger partial charge on any atom is -0.508 e. The zero-order valence-corrected chi connectivity index (χ0v) is 8.21. The highest BCUT2D eigenvalue weighted by Crippen LogP contribution is 2.30. The van der Waals surface area contributed by atoms with Crippen LogP contribution in [0.2, 0.25) is 0 Å². The third-order valence-corrected chi connectivity index (χ3v) is 2.50. The molecule has 0 fully saturated rings. The maximum absolute atomic E-state index is 13.4. The Bertz CT molecular complexity index is 383. The predicted octanol–water partition coefficient (Wildman–Crippen LogP) is 2.72. The molecule has 0 saturated carbocycles. The molecule has 0 aliphatic rings. The van der Waals surface area contributed by atoms with E-state index in [4.69, 9.17) is 10.4 Å². The lowest BCUT2D eigenvalue weighted by Gasteiger charge is -2.20. The van der Waals surface area contributed by atoms with Crippen LogP contribution in [0.15, 0.2) is 18.2 Å². The number of hydrogen-bond donors (Lipinski definition) is 1. The van der Waals surface area contributed by atoms with Crippen molar-refractivity contribution in [1.82, 2.24) is 0 Å².